The van der Waals surface area contributed by atoms with Crippen molar-refractivity contribution >= 4 is 34.5 Å². The van der Waals surface area contributed by atoms with Crippen molar-refractivity contribution in [3.8, 4) is 0 Å². The van der Waals surface area contributed by atoms with Crippen molar-refractivity contribution in [3.63, 3.8) is 0 Å². The first-order valence-corrected chi connectivity index (χ1v) is 7.37. The van der Waals surface area contributed by atoms with Gasteiger partial charge in [0, 0.05) is 30.2 Å². The minimum atomic E-state index is -0.335. The van der Waals surface area contributed by atoms with Crippen LogP contribution in [0.5, 0.6) is 0 Å². The molecule has 0 saturated heterocycles. The van der Waals surface area contributed by atoms with Gasteiger partial charge >= 0.3 is 0 Å². The molecule has 0 aromatic heterocycles. The molecule has 2 nitrogen and oxygen atoms in total. The molecule has 0 spiro atoms. The fourth-order valence-electron chi connectivity index (χ4n) is 2.04. The Morgan fingerprint density at radius 2 is 1.90 bits per heavy atom. The SMILES string of the molecule is NC(=S)CCN(Cc1ccc(F)cc1Cl)c1ccccc1. The molecule has 110 valence electrons. The number of nitrogens with two attached hydrogens (primary N) is 1. The van der Waals surface area contributed by atoms with Crippen molar-refractivity contribution in [1.29, 1.82) is 0 Å². The molecule has 0 unspecified atom stereocenters. The minimum Gasteiger partial charge on any atom is -0.393 e. The van der Waals surface area contributed by atoms with E-state index in [-0.39, 0.29) is 5.82 Å². The van der Waals surface area contributed by atoms with Gasteiger partial charge in [0.15, 0.2) is 0 Å². The number of thiocarbonyl (C=S) groups is 1. The lowest BCUT2D eigenvalue weighted by Crippen LogP contribution is -2.27. The Bertz CT molecular complexity index is 619. The van der Waals surface area contributed by atoms with Gasteiger partial charge in [0.1, 0.15) is 5.82 Å². The Labute approximate surface area is 134 Å². The predicted molar refractivity (Wildman–Crippen MR) is 90.3 cm³/mol. The maximum absolute atomic E-state index is 13.1. The summed E-state index contributed by atoms with van der Waals surface area (Å²) in [6.07, 6.45) is 0.614. The van der Waals surface area contributed by atoms with E-state index in [9.17, 15) is 4.39 Å². The zero-order chi connectivity index (χ0) is 15.2. The van der Waals surface area contributed by atoms with Crippen LogP contribution in [0.15, 0.2) is 48.5 Å². The Balaban J connectivity index is 2.21. The summed E-state index contributed by atoms with van der Waals surface area (Å²) in [6, 6.07) is 14.4. The van der Waals surface area contributed by atoms with E-state index in [4.69, 9.17) is 29.6 Å². The van der Waals surface area contributed by atoms with Gasteiger partial charge in [0.25, 0.3) is 0 Å². The van der Waals surface area contributed by atoms with Gasteiger partial charge in [-0.3, -0.25) is 0 Å². The van der Waals surface area contributed by atoms with Crippen LogP contribution in [0, 0.1) is 5.82 Å². The summed E-state index contributed by atoms with van der Waals surface area (Å²) in [5.74, 6) is -0.335. The standard InChI is InChI=1S/C16H16ClFN2S/c17-15-10-13(18)7-6-12(15)11-20(9-8-16(19)21)14-4-2-1-3-5-14/h1-7,10H,8-9,11H2,(H2,19,21). The molecule has 0 heterocycles. The number of para-hydroxylation sites is 1. The molecule has 0 saturated carbocycles. The van der Waals surface area contributed by atoms with Gasteiger partial charge in [0.2, 0.25) is 0 Å². The first kappa shape index (κ1) is 15.7. The topological polar surface area (TPSA) is 29.3 Å². The highest BCUT2D eigenvalue weighted by molar-refractivity contribution is 7.80. The van der Waals surface area contributed by atoms with E-state index in [0.717, 1.165) is 11.3 Å². The summed E-state index contributed by atoms with van der Waals surface area (Å²) in [5, 5.41) is 0.422. The fraction of sp³-hybridized carbons (Fsp3) is 0.188. The van der Waals surface area contributed by atoms with Gasteiger partial charge in [0.05, 0.1) is 4.99 Å². The van der Waals surface area contributed by atoms with Crippen molar-refractivity contribution in [3.05, 3.63) is 64.9 Å². The molecule has 2 rings (SSSR count). The van der Waals surface area contributed by atoms with Gasteiger partial charge in [-0.15, -0.1) is 0 Å². The first-order valence-electron chi connectivity index (χ1n) is 6.58. The van der Waals surface area contributed by atoms with Gasteiger partial charge in [-0.1, -0.05) is 48.1 Å². The molecule has 0 aliphatic heterocycles. The van der Waals surface area contributed by atoms with Crippen LogP contribution in [0.3, 0.4) is 0 Å². The second-order valence-electron chi connectivity index (χ2n) is 4.71. The molecule has 0 aliphatic carbocycles. The smallest absolute Gasteiger partial charge is 0.124 e. The Morgan fingerprint density at radius 3 is 2.52 bits per heavy atom. The zero-order valence-electron chi connectivity index (χ0n) is 11.4. The quantitative estimate of drug-likeness (QED) is 0.810. The van der Waals surface area contributed by atoms with Gasteiger partial charge in [-0.05, 0) is 29.8 Å². The number of anilines is 1. The lowest BCUT2D eigenvalue weighted by Gasteiger charge is -2.25. The Morgan fingerprint density at radius 1 is 1.19 bits per heavy atom. The average molecular weight is 323 g/mol. The summed E-state index contributed by atoms with van der Waals surface area (Å²) < 4.78 is 13.1. The van der Waals surface area contributed by atoms with E-state index in [1.54, 1.807) is 6.07 Å². The molecule has 2 aromatic carbocycles. The van der Waals surface area contributed by atoms with Crippen LogP contribution in [0.2, 0.25) is 5.02 Å². The molecule has 2 N–H and O–H groups in total. The third kappa shape index (κ3) is 4.69. The van der Waals surface area contributed by atoms with Crippen LogP contribution in [-0.4, -0.2) is 11.5 Å². The lowest BCUT2D eigenvalue weighted by molar-refractivity contribution is 0.626. The summed E-state index contributed by atoms with van der Waals surface area (Å²) in [6.45, 7) is 1.26. The van der Waals surface area contributed by atoms with Crippen LogP contribution >= 0.6 is 23.8 Å². The summed E-state index contributed by atoms with van der Waals surface area (Å²) >= 11 is 11.1. The summed E-state index contributed by atoms with van der Waals surface area (Å²) in [7, 11) is 0. The second kappa shape index (κ2) is 7.38. The van der Waals surface area contributed by atoms with Crippen LogP contribution < -0.4 is 10.6 Å². The summed E-state index contributed by atoms with van der Waals surface area (Å²) in [4.78, 5) is 2.60. The molecule has 0 fully saturated rings. The van der Waals surface area contributed by atoms with Crippen molar-refractivity contribution in [2.75, 3.05) is 11.4 Å². The van der Waals surface area contributed by atoms with Gasteiger partial charge < -0.3 is 10.6 Å². The maximum Gasteiger partial charge on any atom is 0.124 e. The number of rotatable bonds is 6. The Hall–Kier alpha value is -1.65. The van der Waals surface area contributed by atoms with E-state index >= 15 is 0 Å². The molecule has 0 bridgehead atoms. The molecule has 0 atom stereocenters. The highest BCUT2D eigenvalue weighted by Gasteiger charge is 2.10. The average Bonchev–Trinajstić information content (AvgIpc) is 2.46. The lowest BCUT2D eigenvalue weighted by atomic mass is 10.1. The number of nitrogens with zero attached hydrogens (tertiary/aromatic N) is 1. The van der Waals surface area contributed by atoms with Crippen molar-refractivity contribution in [2.45, 2.75) is 13.0 Å². The van der Waals surface area contributed by atoms with E-state index < -0.39 is 0 Å². The van der Waals surface area contributed by atoms with Crippen LogP contribution in [0.4, 0.5) is 10.1 Å². The molecular weight excluding hydrogens is 307 g/mol. The second-order valence-corrected chi connectivity index (χ2v) is 5.64. The minimum absolute atomic E-state index is 0.335. The molecule has 5 heteroatoms. The molecule has 2 aromatic rings. The molecule has 0 radical (unpaired) electrons. The van der Waals surface area contributed by atoms with E-state index in [0.29, 0.717) is 29.5 Å². The van der Waals surface area contributed by atoms with Crippen molar-refractivity contribution in [2.24, 2.45) is 5.73 Å². The predicted octanol–water partition coefficient (Wildman–Crippen LogP) is 4.16. The van der Waals surface area contributed by atoms with Crippen molar-refractivity contribution in [1.82, 2.24) is 0 Å². The van der Waals surface area contributed by atoms with E-state index in [1.165, 1.54) is 12.1 Å². The van der Waals surface area contributed by atoms with E-state index in [1.807, 2.05) is 30.3 Å². The highest BCUT2D eigenvalue weighted by atomic mass is 35.5. The highest BCUT2D eigenvalue weighted by Crippen LogP contribution is 2.22. The summed E-state index contributed by atoms with van der Waals surface area (Å²) in [5.41, 5.74) is 7.51. The number of halogens is 2. The van der Waals surface area contributed by atoms with Crippen molar-refractivity contribution < 1.29 is 4.39 Å². The monoisotopic (exact) mass is 322 g/mol. The zero-order valence-corrected chi connectivity index (χ0v) is 13.0. The number of hydrogen-bond donors (Lipinski definition) is 1. The molecule has 0 aliphatic rings. The Kier molecular flexibility index (Phi) is 5.53. The van der Waals surface area contributed by atoms with E-state index in [2.05, 4.69) is 4.90 Å². The third-order valence-corrected chi connectivity index (χ3v) is 3.68. The molecular formula is C16H16ClFN2S. The number of hydrogen-bond acceptors (Lipinski definition) is 2. The normalized spacial score (nSPS) is 10.4. The van der Waals surface area contributed by atoms with Crippen LogP contribution in [0.25, 0.3) is 0 Å². The molecule has 21 heavy (non-hydrogen) atoms. The van der Waals surface area contributed by atoms with Gasteiger partial charge in [-0.25, -0.2) is 4.39 Å². The van der Waals surface area contributed by atoms with Crippen LogP contribution in [0.1, 0.15) is 12.0 Å². The van der Waals surface area contributed by atoms with Crippen LogP contribution in [-0.2, 0) is 6.54 Å². The first-order chi connectivity index (χ1) is 10.1. The van der Waals surface area contributed by atoms with Gasteiger partial charge in [-0.2, -0.15) is 0 Å². The molecule has 0 amide bonds. The largest absolute Gasteiger partial charge is 0.393 e. The fourth-order valence-corrected chi connectivity index (χ4v) is 2.36. The maximum atomic E-state index is 13.1. The number of benzene rings is 2. The third-order valence-electron chi connectivity index (χ3n) is 3.13.